The third kappa shape index (κ3) is 4.11. The number of benzene rings is 2. The molecular weight excluding hydrogens is 394 g/mol. The Bertz CT molecular complexity index is 1130. The van der Waals surface area contributed by atoms with Crippen molar-refractivity contribution in [3.05, 3.63) is 77.8 Å². The van der Waals surface area contributed by atoms with Crippen molar-refractivity contribution >= 4 is 28.2 Å². The van der Waals surface area contributed by atoms with Crippen molar-refractivity contribution in [2.75, 3.05) is 13.2 Å². The first-order valence-corrected chi connectivity index (χ1v) is 10.4. The minimum absolute atomic E-state index is 0.0417. The molecule has 0 bridgehead atoms. The second-order valence-electron chi connectivity index (χ2n) is 7.84. The average Bonchev–Trinajstić information content (AvgIpc) is 3.38. The number of hydrogen-bond acceptors (Lipinski definition) is 5. The van der Waals surface area contributed by atoms with Gasteiger partial charge in [-0.1, -0.05) is 36.4 Å². The van der Waals surface area contributed by atoms with E-state index >= 15 is 0 Å². The highest BCUT2D eigenvalue weighted by molar-refractivity contribution is 6.46. The largest absolute Gasteiger partial charge is 0.507 e. The summed E-state index contributed by atoms with van der Waals surface area (Å²) < 4.78 is 11.1. The van der Waals surface area contributed by atoms with Crippen LogP contribution in [0.3, 0.4) is 0 Å². The molecule has 1 aromatic heterocycles. The van der Waals surface area contributed by atoms with E-state index in [0.29, 0.717) is 30.9 Å². The van der Waals surface area contributed by atoms with Crippen LogP contribution < -0.4 is 0 Å². The lowest BCUT2D eigenvalue weighted by molar-refractivity contribution is -0.140. The predicted molar refractivity (Wildman–Crippen MR) is 117 cm³/mol. The summed E-state index contributed by atoms with van der Waals surface area (Å²) in [7, 11) is 0. The van der Waals surface area contributed by atoms with Gasteiger partial charge in [0.05, 0.1) is 17.9 Å². The fraction of sp³-hybridized carbons (Fsp3) is 0.280. The number of amides is 1. The minimum Gasteiger partial charge on any atom is -0.507 e. The Labute approximate surface area is 180 Å². The van der Waals surface area contributed by atoms with Crippen molar-refractivity contribution < 1.29 is 23.8 Å². The summed E-state index contributed by atoms with van der Waals surface area (Å²) in [5, 5.41) is 13.1. The molecule has 160 valence electrons. The number of hydrogen-bond donors (Lipinski definition) is 1. The van der Waals surface area contributed by atoms with E-state index in [2.05, 4.69) is 0 Å². The number of carbonyl (C=O) groups is 2. The van der Waals surface area contributed by atoms with Crippen LogP contribution in [0.25, 0.3) is 16.5 Å². The first-order chi connectivity index (χ1) is 15.0. The molecule has 1 fully saturated rings. The first kappa shape index (κ1) is 20.9. The molecule has 0 spiro atoms. The van der Waals surface area contributed by atoms with E-state index in [1.165, 1.54) is 11.2 Å². The number of rotatable bonds is 7. The third-order valence-electron chi connectivity index (χ3n) is 5.37. The molecule has 6 heteroatoms. The zero-order chi connectivity index (χ0) is 22.0. The van der Waals surface area contributed by atoms with Crippen LogP contribution in [-0.2, 0) is 14.3 Å². The van der Waals surface area contributed by atoms with E-state index in [-0.39, 0.29) is 17.4 Å². The van der Waals surface area contributed by atoms with Crippen LogP contribution >= 0.6 is 0 Å². The second-order valence-corrected chi connectivity index (χ2v) is 7.84. The first-order valence-electron chi connectivity index (χ1n) is 10.4. The van der Waals surface area contributed by atoms with Gasteiger partial charge in [-0.25, -0.2) is 0 Å². The van der Waals surface area contributed by atoms with Gasteiger partial charge >= 0.3 is 0 Å². The van der Waals surface area contributed by atoms with Gasteiger partial charge in [-0.3, -0.25) is 9.59 Å². The Kier molecular flexibility index (Phi) is 5.91. The summed E-state index contributed by atoms with van der Waals surface area (Å²) in [6.07, 6.45) is 2.15. The van der Waals surface area contributed by atoms with E-state index in [1.54, 1.807) is 18.2 Å². The number of aliphatic hydroxyl groups is 1. The van der Waals surface area contributed by atoms with Crippen molar-refractivity contribution in [1.29, 1.82) is 0 Å². The maximum atomic E-state index is 13.0. The lowest BCUT2D eigenvalue weighted by Gasteiger charge is -2.23. The quantitative estimate of drug-likeness (QED) is 0.261. The second kappa shape index (κ2) is 8.78. The van der Waals surface area contributed by atoms with E-state index < -0.39 is 17.7 Å². The minimum atomic E-state index is -0.777. The van der Waals surface area contributed by atoms with Crippen molar-refractivity contribution in [3.8, 4) is 0 Å². The third-order valence-corrected chi connectivity index (χ3v) is 5.37. The van der Waals surface area contributed by atoms with Gasteiger partial charge in [0.15, 0.2) is 0 Å². The monoisotopic (exact) mass is 419 g/mol. The zero-order valence-corrected chi connectivity index (χ0v) is 17.6. The molecular formula is C25H25NO5. The van der Waals surface area contributed by atoms with Gasteiger partial charge in [0.2, 0.25) is 0 Å². The van der Waals surface area contributed by atoms with E-state index in [4.69, 9.17) is 9.15 Å². The molecule has 3 aromatic rings. The van der Waals surface area contributed by atoms with E-state index in [0.717, 1.165) is 10.8 Å². The fourth-order valence-electron chi connectivity index (χ4n) is 3.90. The van der Waals surface area contributed by atoms with Crippen LogP contribution in [0, 0.1) is 0 Å². The lowest BCUT2D eigenvalue weighted by Crippen LogP contribution is -2.31. The standard InChI is InChI=1S/C25H25NO5/c1-16(2)30-14-6-12-26-22(20-9-5-13-31-20)21(24(28)25(26)29)23(27)19-11-10-17-7-3-4-8-18(17)15-19/h3-5,7-11,13,15-16,22,27H,6,12,14H2,1-2H3/b23-21-. The summed E-state index contributed by atoms with van der Waals surface area (Å²) in [6, 6.07) is 15.8. The molecule has 4 rings (SSSR count). The molecule has 2 aromatic carbocycles. The van der Waals surface area contributed by atoms with E-state index in [9.17, 15) is 14.7 Å². The number of nitrogens with zero attached hydrogens (tertiary/aromatic N) is 1. The highest BCUT2D eigenvalue weighted by atomic mass is 16.5. The normalized spacial score (nSPS) is 18.4. The van der Waals surface area contributed by atoms with Crippen LogP contribution in [0.1, 0.15) is 37.6 Å². The predicted octanol–water partition coefficient (Wildman–Crippen LogP) is 4.67. The maximum Gasteiger partial charge on any atom is 0.295 e. The number of fused-ring (bicyclic) bond motifs is 1. The molecule has 1 amide bonds. The van der Waals surface area contributed by atoms with Gasteiger partial charge in [-0.2, -0.15) is 0 Å². The Morgan fingerprint density at radius 2 is 1.87 bits per heavy atom. The molecule has 0 aliphatic carbocycles. The molecule has 1 aliphatic heterocycles. The Hall–Kier alpha value is -3.38. The van der Waals surface area contributed by atoms with E-state index in [1.807, 2.05) is 50.2 Å². The van der Waals surface area contributed by atoms with Gasteiger partial charge in [0, 0.05) is 18.7 Å². The van der Waals surface area contributed by atoms with Gasteiger partial charge in [-0.15, -0.1) is 0 Å². The molecule has 31 heavy (non-hydrogen) atoms. The summed E-state index contributed by atoms with van der Waals surface area (Å²) in [5.74, 6) is -1.12. The Morgan fingerprint density at radius 1 is 1.10 bits per heavy atom. The summed E-state index contributed by atoms with van der Waals surface area (Å²) >= 11 is 0. The number of likely N-dealkylation sites (tertiary alicyclic amines) is 1. The zero-order valence-electron chi connectivity index (χ0n) is 17.6. The highest BCUT2D eigenvalue weighted by Gasteiger charge is 2.47. The van der Waals surface area contributed by atoms with Crippen LogP contribution in [0.2, 0.25) is 0 Å². The summed E-state index contributed by atoms with van der Waals surface area (Å²) in [4.78, 5) is 27.3. The molecule has 0 saturated carbocycles. The Balaban J connectivity index is 1.73. The van der Waals surface area contributed by atoms with Gasteiger partial charge in [0.25, 0.3) is 11.7 Å². The van der Waals surface area contributed by atoms with Crippen LogP contribution in [0.15, 0.2) is 70.9 Å². The molecule has 0 radical (unpaired) electrons. The van der Waals surface area contributed by atoms with Crippen LogP contribution in [0.5, 0.6) is 0 Å². The molecule has 1 aliphatic rings. The molecule has 1 unspecified atom stereocenters. The molecule has 1 atom stereocenters. The molecule has 6 nitrogen and oxygen atoms in total. The van der Waals surface area contributed by atoms with Crippen molar-refractivity contribution in [1.82, 2.24) is 4.90 Å². The topological polar surface area (TPSA) is 80.0 Å². The van der Waals surface area contributed by atoms with Gasteiger partial charge < -0.3 is 19.2 Å². The average molecular weight is 419 g/mol. The lowest BCUT2D eigenvalue weighted by atomic mass is 9.97. The summed E-state index contributed by atoms with van der Waals surface area (Å²) in [6.45, 7) is 4.67. The smallest absolute Gasteiger partial charge is 0.295 e. The Morgan fingerprint density at radius 3 is 2.58 bits per heavy atom. The molecule has 2 heterocycles. The van der Waals surface area contributed by atoms with Crippen LogP contribution in [0.4, 0.5) is 0 Å². The SMILES string of the molecule is CC(C)OCCCN1C(=O)C(=O)/C(=C(\O)c2ccc3ccccc3c2)C1c1ccco1. The maximum absolute atomic E-state index is 13.0. The fourth-order valence-corrected chi connectivity index (χ4v) is 3.90. The number of aliphatic hydroxyl groups excluding tert-OH is 1. The van der Waals surface area contributed by atoms with Gasteiger partial charge in [0.1, 0.15) is 17.6 Å². The van der Waals surface area contributed by atoms with Crippen molar-refractivity contribution in [3.63, 3.8) is 0 Å². The molecule has 1 N–H and O–H groups in total. The number of furan rings is 1. The number of carbonyl (C=O) groups excluding carboxylic acids is 2. The van der Waals surface area contributed by atoms with Crippen molar-refractivity contribution in [2.45, 2.75) is 32.4 Å². The number of ketones is 1. The van der Waals surface area contributed by atoms with Crippen molar-refractivity contribution in [2.24, 2.45) is 0 Å². The summed E-state index contributed by atoms with van der Waals surface area (Å²) in [5.41, 5.74) is 0.524. The number of ether oxygens (including phenoxy) is 1. The molecule has 1 saturated heterocycles. The van der Waals surface area contributed by atoms with Gasteiger partial charge in [-0.05, 0) is 49.2 Å². The highest BCUT2D eigenvalue weighted by Crippen LogP contribution is 2.39. The number of Topliss-reactive ketones (excluding diaryl/α,β-unsaturated/α-hetero) is 1. The van der Waals surface area contributed by atoms with Crippen LogP contribution in [-0.4, -0.2) is 41.0 Å².